The molecule has 0 aliphatic heterocycles. The number of amides is 2. The normalized spacial score (nSPS) is 10.3. The van der Waals surface area contributed by atoms with Gasteiger partial charge in [0.25, 0.3) is 5.91 Å². The molecule has 0 aromatic heterocycles. The van der Waals surface area contributed by atoms with Gasteiger partial charge >= 0.3 is 5.97 Å². The van der Waals surface area contributed by atoms with Crippen LogP contribution in [-0.2, 0) is 4.79 Å². The molecule has 0 radical (unpaired) electrons. The molecule has 6 nitrogen and oxygen atoms in total. The molecule has 0 fully saturated rings. The van der Waals surface area contributed by atoms with Gasteiger partial charge in [-0.15, -0.1) is 11.8 Å². The number of nitrogens with one attached hydrogen (secondary N) is 2. The van der Waals surface area contributed by atoms with E-state index in [1.165, 1.54) is 42.1 Å². The second-order valence-corrected chi connectivity index (χ2v) is 7.23. The summed E-state index contributed by atoms with van der Waals surface area (Å²) >= 11 is 1.28. The van der Waals surface area contributed by atoms with Crippen LogP contribution in [0.15, 0.2) is 77.7 Å². The number of hydrogen-bond donors (Lipinski definition) is 3. The maximum atomic E-state index is 13.7. The minimum Gasteiger partial charge on any atom is -0.478 e. The van der Waals surface area contributed by atoms with E-state index in [2.05, 4.69) is 10.6 Å². The first kappa shape index (κ1) is 21.1. The summed E-state index contributed by atoms with van der Waals surface area (Å²) in [7, 11) is 0. The Kier molecular flexibility index (Phi) is 6.82. The van der Waals surface area contributed by atoms with Crippen molar-refractivity contribution in [3.05, 3.63) is 89.7 Å². The molecule has 0 atom stereocenters. The van der Waals surface area contributed by atoms with Gasteiger partial charge in [-0.3, -0.25) is 9.59 Å². The number of anilines is 2. The largest absolute Gasteiger partial charge is 0.478 e. The summed E-state index contributed by atoms with van der Waals surface area (Å²) in [4.78, 5) is 36.0. The molecular weight excluding hydrogens is 407 g/mol. The molecule has 0 aliphatic carbocycles. The third kappa shape index (κ3) is 5.68. The summed E-state index contributed by atoms with van der Waals surface area (Å²) in [5, 5.41) is 14.3. The van der Waals surface area contributed by atoms with Gasteiger partial charge in [0.2, 0.25) is 5.91 Å². The highest BCUT2D eigenvalue weighted by molar-refractivity contribution is 8.00. The van der Waals surface area contributed by atoms with Gasteiger partial charge in [-0.1, -0.05) is 18.2 Å². The summed E-state index contributed by atoms with van der Waals surface area (Å²) in [5.74, 6) is -2.36. The molecule has 0 saturated heterocycles. The zero-order chi connectivity index (χ0) is 21.5. The maximum Gasteiger partial charge on any atom is 0.335 e. The number of carboxylic acids is 1. The lowest BCUT2D eigenvalue weighted by Gasteiger charge is -2.08. The highest BCUT2D eigenvalue weighted by Gasteiger charge is 2.11. The third-order valence-electron chi connectivity index (χ3n) is 3.99. The fourth-order valence-electron chi connectivity index (χ4n) is 2.55. The summed E-state index contributed by atoms with van der Waals surface area (Å²) in [5.41, 5.74) is 0.960. The van der Waals surface area contributed by atoms with Crippen molar-refractivity contribution in [3.8, 4) is 0 Å². The minimum absolute atomic E-state index is 0.0420. The van der Waals surface area contributed by atoms with Crippen molar-refractivity contribution in [2.24, 2.45) is 0 Å². The van der Waals surface area contributed by atoms with E-state index in [-0.39, 0.29) is 22.8 Å². The van der Waals surface area contributed by atoms with Crippen LogP contribution in [0.4, 0.5) is 15.8 Å². The summed E-state index contributed by atoms with van der Waals surface area (Å²) in [6.45, 7) is 0. The molecule has 3 N–H and O–H groups in total. The van der Waals surface area contributed by atoms with Crippen LogP contribution in [0, 0.1) is 5.82 Å². The average Bonchev–Trinajstić information content (AvgIpc) is 2.73. The Bertz CT molecular complexity index is 1090. The molecule has 3 aromatic carbocycles. The van der Waals surface area contributed by atoms with E-state index >= 15 is 0 Å². The second kappa shape index (κ2) is 9.71. The van der Waals surface area contributed by atoms with E-state index in [4.69, 9.17) is 5.11 Å². The molecule has 0 saturated carbocycles. The maximum absolute atomic E-state index is 13.7. The number of aromatic carboxylic acids is 1. The average molecular weight is 424 g/mol. The Labute approximate surface area is 176 Å². The fraction of sp³-hybridized carbons (Fsp3) is 0.0455. The predicted octanol–water partition coefficient (Wildman–Crippen LogP) is 4.51. The number of thioether (sulfide) groups is 1. The topological polar surface area (TPSA) is 95.5 Å². The highest BCUT2D eigenvalue weighted by atomic mass is 32.2. The Morgan fingerprint density at radius 1 is 0.867 bits per heavy atom. The van der Waals surface area contributed by atoms with E-state index in [0.717, 1.165) is 4.90 Å². The first-order valence-corrected chi connectivity index (χ1v) is 9.83. The third-order valence-corrected chi connectivity index (χ3v) is 5.01. The smallest absolute Gasteiger partial charge is 0.335 e. The van der Waals surface area contributed by atoms with Gasteiger partial charge in [-0.05, 0) is 54.6 Å². The highest BCUT2D eigenvalue weighted by Crippen LogP contribution is 2.21. The van der Waals surface area contributed by atoms with Gasteiger partial charge in [0, 0.05) is 16.3 Å². The second-order valence-electron chi connectivity index (χ2n) is 6.18. The van der Waals surface area contributed by atoms with Crippen molar-refractivity contribution in [1.82, 2.24) is 0 Å². The lowest BCUT2D eigenvalue weighted by atomic mass is 10.2. The van der Waals surface area contributed by atoms with Gasteiger partial charge < -0.3 is 15.7 Å². The zero-order valence-electron chi connectivity index (χ0n) is 15.6. The van der Waals surface area contributed by atoms with Gasteiger partial charge in [0.05, 0.1) is 16.9 Å². The van der Waals surface area contributed by atoms with Crippen LogP contribution in [0.3, 0.4) is 0 Å². The molecule has 8 heteroatoms. The van der Waals surface area contributed by atoms with Crippen LogP contribution in [0.5, 0.6) is 0 Å². The number of carbonyl (C=O) groups is 3. The summed E-state index contributed by atoms with van der Waals surface area (Å²) in [6.07, 6.45) is 0. The molecule has 0 aliphatic rings. The van der Waals surface area contributed by atoms with Crippen LogP contribution in [0.25, 0.3) is 0 Å². The van der Waals surface area contributed by atoms with E-state index in [9.17, 15) is 18.8 Å². The molecule has 0 heterocycles. The molecule has 3 aromatic rings. The van der Waals surface area contributed by atoms with Crippen LogP contribution in [0.1, 0.15) is 20.7 Å². The number of carboxylic acid groups (broad SMARTS) is 1. The number of rotatable bonds is 7. The van der Waals surface area contributed by atoms with E-state index in [1.807, 2.05) is 0 Å². The zero-order valence-corrected chi connectivity index (χ0v) is 16.4. The standard InChI is InChI=1S/C22H17FN2O4S/c23-19-7-2-1-6-18(19)21(27)25-15-8-10-17(11-9-15)30-13-20(26)24-16-5-3-4-14(12-16)22(28)29/h1-12H,13H2,(H,24,26)(H,25,27)(H,28,29). The quantitative estimate of drug-likeness (QED) is 0.485. The van der Waals surface area contributed by atoms with E-state index in [0.29, 0.717) is 11.4 Å². The first-order chi connectivity index (χ1) is 14.4. The van der Waals surface area contributed by atoms with Crippen LogP contribution in [0.2, 0.25) is 0 Å². The van der Waals surface area contributed by atoms with Gasteiger partial charge in [-0.25, -0.2) is 9.18 Å². The minimum atomic E-state index is -1.07. The van der Waals surface area contributed by atoms with E-state index in [1.54, 1.807) is 42.5 Å². The number of benzene rings is 3. The molecule has 2 amide bonds. The van der Waals surface area contributed by atoms with Gasteiger partial charge in [0.1, 0.15) is 5.82 Å². The Balaban J connectivity index is 1.52. The Morgan fingerprint density at radius 3 is 2.30 bits per heavy atom. The first-order valence-electron chi connectivity index (χ1n) is 8.84. The SMILES string of the molecule is O=C(CSc1ccc(NC(=O)c2ccccc2F)cc1)Nc1cccc(C(=O)O)c1. The van der Waals surface area contributed by atoms with Crippen LogP contribution >= 0.6 is 11.8 Å². The van der Waals surface area contributed by atoms with Crippen molar-refractivity contribution in [1.29, 1.82) is 0 Å². The summed E-state index contributed by atoms with van der Waals surface area (Å²) < 4.78 is 13.7. The Hall–Kier alpha value is -3.65. The van der Waals surface area contributed by atoms with Crippen molar-refractivity contribution in [2.45, 2.75) is 4.90 Å². The van der Waals surface area contributed by atoms with Crippen molar-refractivity contribution in [3.63, 3.8) is 0 Å². The van der Waals surface area contributed by atoms with E-state index < -0.39 is 17.7 Å². The lowest BCUT2D eigenvalue weighted by molar-refractivity contribution is -0.113. The number of hydrogen-bond acceptors (Lipinski definition) is 4. The molecule has 152 valence electrons. The van der Waals surface area contributed by atoms with Gasteiger partial charge in [-0.2, -0.15) is 0 Å². The lowest BCUT2D eigenvalue weighted by Crippen LogP contribution is -2.14. The predicted molar refractivity (Wildman–Crippen MR) is 114 cm³/mol. The number of carbonyl (C=O) groups excluding carboxylic acids is 2. The molecule has 0 spiro atoms. The van der Waals surface area contributed by atoms with Crippen molar-refractivity contribution in [2.75, 3.05) is 16.4 Å². The van der Waals surface area contributed by atoms with Crippen LogP contribution < -0.4 is 10.6 Å². The van der Waals surface area contributed by atoms with Crippen LogP contribution in [-0.4, -0.2) is 28.6 Å². The van der Waals surface area contributed by atoms with Crippen molar-refractivity contribution < 1.29 is 23.9 Å². The Morgan fingerprint density at radius 2 is 1.60 bits per heavy atom. The molecule has 3 rings (SSSR count). The summed E-state index contributed by atoms with van der Waals surface area (Å²) in [6, 6.07) is 18.5. The fourth-order valence-corrected chi connectivity index (χ4v) is 3.25. The van der Waals surface area contributed by atoms with Gasteiger partial charge in [0.15, 0.2) is 0 Å². The molecule has 0 unspecified atom stereocenters. The number of halogens is 1. The molecule has 0 bridgehead atoms. The van der Waals surface area contributed by atoms with Crippen molar-refractivity contribution >= 4 is 40.9 Å². The molecule has 30 heavy (non-hydrogen) atoms. The monoisotopic (exact) mass is 424 g/mol. The molecular formula is C22H17FN2O4S.